The second kappa shape index (κ2) is 7.63. The van der Waals surface area contributed by atoms with Gasteiger partial charge >= 0.3 is 0 Å². The van der Waals surface area contributed by atoms with Crippen LogP contribution in [-0.2, 0) is 21.6 Å². The Kier molecular flexibility index (Phi) is 5.01. The van der Waals surface area contributed by atoms with Gasteiger partial charge in [0.25, 0.3) is 0 Å². The number of fused-ring (bicyclic) bond motifs is 3. The lowest BCUT2D eigenvalue weighted by atomic mass is 9.99. The SMILES string of the molecule is Cc1nnn(C)c1-c1cnc2c3ccc(S(C)(=O)=O)cc3n([C@H](F)C3CCOCC3)c2c1. The predicted octanol–water partition coefficient (Wildman–Crippen LogP) is 3.59. The van der Waals surface area contributed by atoms with E-state index < -0.39 is 16.1 Å². The van der Waals surface area contributed by atoms with Gasteiger partial charge in [0, 0.05) is 49.6 Å². The Bertz CT molecular complexity index is 1420. The molecule has 0 N–H and O–H groups in total. The number of pyridine rings is 1. The Morgan fingerprint density at radius 2 is 1.94 bits per heavy atom. The maximum Gasteiger partial charge on any atom is 0.179 e. The van der Waals surface area contributed by atoms with Crippen LogP contribution in [0.15, 0.2) is 35.4 Å². The summed E-state index contributed by atoms with van der Waals surface area (Å²) in [6.45, 7) is 2.89. The van der Waals surface area contributed by atoms with Crippen molar-refractivity contribution in [3.05, 3.63) is 36.2 Å². The van der Waals surface area contributed by atoms with Gasteiger partial charge in [0.1, 0.15) is 0 Å². The molecule has 0 bridgehead atoms. The van der Waals surface area contributed by atoms with E-state index in [0.29, 0.717) is 48.0 Å². The molecule has 4 heterocycles. The molecule has 1 atom stereocenters. The quantitative estimate of drug-likeness (QED) is 0.465. The molecule has 168 valence electrons. The largest absolute Gasteiger partial charge is 0.381 e. The van der Waals surface area contributed by atoms with Crippen molar-refractivity contribution >= 4 is 31.8 Å². The standard InChI is InChI=1S/C22H24FN5O3S/c1-13-21(27(2)26-25-13)15-10-19-20(24-12-15)17-5-4-16(32(3,29)30)11-18(17)28(19)22(23)14-6-8-31-9-7-14/h4-5,10-12,14,22H,6-9H2,1-3H3/t22-/m0/s1. The van der Waals surface area contributed by atoms with Crippen LogP contribution >= 0.6 is 0 Å². The maximum absolute atomic E-state index is 16.1. The van der Waals surface area contributed by atoms with Crippen molar-refractivity contribution in [2.24, 2.45) is 13.0 Å². The zero-order chi connectivity index (χ0) is 22.6. The van der Waals surface area contributed by atoms with Gasteiger partial charge in [0.05, 0.1) is 32.8 Å². The van der Waals surface area contributed by atoms with E-state index in [4.69, 9.17) is 4.74 Å². The van der Waals surface area contributed by atoms with Gasteiger partial charge < -0.3 is 9.30 Å². The average Bonchev–Trinajstić information content (AvgIpc) is 3.28. The molecule has 0 amide bonds. The van der Waals surface area contributed by atoms with Gasteiger partial charge in [-0.05, 0) is 44.0 Å². The molecule has 0 spiro atoms. The van der Waals surface area contributed by atoms with Crippen LogP contribution in [0.25, 0.3) is 33.2 Å². The third-order valence-corrected chi connectivity index (χ3v) is 7.32. The van der Waals surface area contributed by atoms with Crippen molar-refractivity contribution < 1.29 is 17.5 Å². The van der Waals surface area contributed by atoms with Crippen LogP contribution < -0.4 is 0 Å². The van der Waals surface area contributed by atoms with Crippen LogP contribution in [0.1, 0.15) is 24.8 Å². The number of aryl methyl sites for hydroxylation is 2. The molecule has 0 radical (unpaired) electrons. The van der Waals surface area contributed by atoms with E-state index in [-0.39, 0.29) is 10.8 Å². The molecule has 5 rings (SSSR count). The molecule has 0 saturated carbocycles. The van der Waals surface area contributed by atoms with Gasteiger partial charge in [-0.3, -0.25) is 4.98 Å². The average molecular weight is 458 g/mol. The van der Waals surface area contributed by atoms with Crippen LogP contribution in [0.5, 0.6) is 0 Å². The van der Waals surface area contributed by atoms with Gasteiger partial charge in [-0.25, -0.2) is 17.5 Å². The second-order valence-electron chi connectivity index (χ2n) is 8.38. The zero-order valence-electron chi connectivity index (χ0n) is 18.1. The van der Waals surface area contributed by atoms with E-state index in [9.17, 15) is 8.42 Å². The number of hydrogen-bond donors (Lipinski definition) is 0. The summed E-state index contributed by atoms with van der Waals surface area (Å²) >= 11 is 0. The van der Waals surface area contributed by atoms with Crippen LogP contribution in [0.2, 0.25) is 0 Å². The topological polar surface area (TPSA) is 91.9 Å². The van der Waals surface area contributed by atoms with Crippen molar-refractivity contribution in [1.29, 1.82) is 0 Å². The normalized spacial score (nSPS) is 16.8. The Hall–Kier alpha value is -2.85. The Morgan fingerprint density at radius 3 is 2.59 bits per heavy atom. The zero-order valence-corrected chi connectivity index (χ0v) is 18.9. The van der Waals surface area contributed by atoms with Crippen LogP contribution in [-0.4, -0.2) is 52.4 Å². The number of halogens is 1. The first-order chi connectivity index (χ1) is 15.3. The molecular formula is C22H24FN5O3S. The van der Waals surface area contributed by atoms with Crippen LogP contribution in [0.4, 0.5) is 4.39 Å². The fraction of sp³-hybridized carbons (Fsp3) is 0.409. The van der Waals surface area contributed by atoms with Crippen molar-refractivity contribution in [3.63, 3.8) is 0 Å². The third-order valence-electron chi connectivity index (χ3n) is 6.21. The van der Waals surface area contributed by atoms with E-state index in [1.165, 1.54) is 0 Å². The first-order valence-electron chi connectivity index (χ1n) is 10.5. The summed E-state index contributed by atoms with van der Waals surface area (Å²) < 4.78 is 49.2. The van der Waals surface area contributed by atoms with E-state index in [1.807, 2.05) is 13.0 Å². The van der Waals surface area contributed by atoms with Crippen molar-refractivity contribution in [3.8, 4) is 11.3 Å². The van der Waals surface area contributed by atoms with Crippen molar-refractivity contribution in [2.75, 3.05) is 19.5 Å². The molecule has 1 saturated heterocycles. The summed E-state index contributed by atoms with van der Waals surface area (Å²) in [6.07, 6.45) is 2.75. The minimum atomic E-state index is -3.45. The number of nitrogens with zero attached hydrogens (tertiary/aromatic N) is 5. The number of aromatic nitrogens is 5. The lowest BCUT2D eigenvalue weighted by Gasteiger charge is -2.27. The summed E-state index contributed by atoms with van der Waals surface area (Å²) in [4.78, 5) is 4.81. The van der Waals surface area contributed by atoms with E-state index in [1.54, 1.807) is 40.7 Å². The van der Waals surface area contributed by atoms with Gasteiger partial charge in [-0.1, -0.05) is 5.21 Å². The molecule has 1 aliphatic rings. The molecule has 1 fully saturated rings. The fourth-order valence-electron chi connectivity index (χ4n) is 4.57. The molecule has 8 nitrogen and oxygen atoms in total. The molecular weight excluding hydrogens is 433 g/mol. The van der Waals surface area contributed by atoms with Crippen molar-refractivity contribution in [1.82, 2.24) is 24.5 Å². The molecule has 0 aliphatic carbocycles. The summed E-state index contributed by atoms with van der Waals surface area (Å²) in [7, 11) is -1.65. The summed E-state index contributed by atoms with van der Waals surface area (Å²) in [5.74, 6) is -0.229. The first kappa shape index (κ1) is 21.0. The number of rotatable bonds is 4. The number of ether oxygens (including phenoxy) is 1. The number of hydrogen-bond acceptors (Lipinski definition) is 6. The van der Waals surface area contributed by atoms with Gasteiger partial charge in [0.15, 0.2) is 16.1 Å². The maximum atomic E-state index is 16.1. The summed E-state index contributed by atoms with van der Waals surface area (Å²) in [5.41, 5.74) is 4.08. The number of benzene rings is 1. The fourth-order valence-corrected chi connectivity index (χ4v) is 5.21. The van der Waals surface area contributed by atoms with Gasteiger partial charge in [-0.2, -0.15) is 0 Å². The summed E-state index contributed by atoms with van der Waals surface area (Å²) in [5, 5.41) is 8.89. The highest BCUT2D eigenvalue weighted by molar-refractivity contribution is 7.90. The van der Waals surface area contributed by atoms with E-state index >= 15 is 4.39 Å². The molecule has 3 aromatic heterocycles. The number of sulfone groups is 1. The van der Waals surface area contributed by atoms with Gasteiger partial charge in [0.2, 0.25) is 0 Å². The first-order valence-corrected chi connectivity index (χ1v) is 12.4. The molecule has 4 aromatic rings. The minimum Gasteiger partial charge on any atom is -0.381 e. The van der Waals surface area contributed by atoms with Gasteiger partial charge in [-0.15, -0.1) is 5.10 Å². The molecule has 10 heteroatoms. The minimum absolute atomic E-state index is 0.153. The predicted molar refractivity (Wildman–Crippen MR) is 119 cm³/mol. The highest BCUT2D eigenvalue weighted by Crippen LogP contribution is 2.39. The molecule has 1 aromatic carbocycles. The third kappa shape index (κ3) is 3.38. The monoisotopic (exact) mass is 457 g/mol. The Morgan fingerprint density at radius 1 is 1.19 bits per heavy atom. The summed E-state index contributed by atoms with van der Waals surface area (Å²) in [6, 6.07) is 6.70. The molecule has 0 unspecified atom stereocenters. The lowest BCUT2D eigenvalue weighted by molar-refractivity contribution is 0.0188. The highest BCUT2D eigenvalue weighted by Gasteiger charge is 2.29. The molecule has 32 heavy (non-hydrogen) atoms. The Balaban J connectivity index is 1.80. The lowest BCUT2D eigenvalue weighted by Crippen LogP contribution is -2.23. The van der Waals surface area contributed by atoms with Crippen LogP contribution in [0, 0.1) is 12.8 Å². The molecule has 1 aliphatic heterocycles. The smallest absolute Gasteiger partial charge is 0.179 e. The Labute approximate surface area is 184 Å². The highest BCUT2D eigenvalue weighted by atomic mass is 32.2. The number of alkyl halides is 1. The van der Waals surface area contributed by atoms with E-state index in [2.05, 4.69) is 15.3 Å². The van der Waals surface area contributed by atoms with E-state index in [0.717, 1.165) is 23.2 Å². The van der Waals surface area contributed by atoms with Crippen LogP contribution in [0.3, 0.4) is 0 Å². The van der Waals surface area contributed by atoms with Crippen molar-refractivity contribution in [2.45, 2.75) is 31.0 Å². The second-order valence-corrected chi connectivity index (χ2v) is 10.4.